The van der Waals surface area contributed by atoms with Gasteiger partial charge in [-0.15, -0.1) is 0 Å². The standard InChI is InChI=1S/C25H30F2N6O2.C2H6/c1-31(14-15-34)11-4-2-3-10-28-25(35)20-17-29-33-13-9-23(30-24(20)33)32-12-5-6-22(32)19-16-18(26)7-8-21(19)27;1-2/h7-9,13,15-17,22H,2-6,10-12,14H2,1H3,(H,28,35);1-2H3. The lowest BCUT2D eigenvalue weighted by Gasteiger charge is -2.26. The molecule has 37 heavy (non-hydrogen) atoms. The third kappa shape index (κ3) is 7.09. The summed E-state index contributed by atoms with van der Waals surface area (Å²) in [5.74, 6) is -0.571. The molecule has 0 aliphatic carbocycles. The van der Waals surface area contributed by atoms with Crippen LogP contribution >= 0.6 is 0 Å². The number of hydrogen-bond donors (Lipinski definition) is 1. The molecule has 1 amide bonds. The molecule has 1 saturated heterocycles. The van der Waals surface area contributed by atoms with Gasteiger partial charge in [-0.1, -0.05) is 20.3 Å². The van der Waals surface area contributed by atoms with Gasteiger partial charge >= 0.3 is 0 Å². The van der Waals surface area contributed by atoms with E-state index in [1.807, 2.05) is 30.7 Å². The zero-order chi connectivity index (χ0) is 26.8. The minimum Gasteiger partial charge on any atom is -0.352 e. The SMILES string of the molecule is CC.CN(CC=O)CCCCCNC(=O)c1cnn2ccc(N3CCCC3c3cc(F)ccc3F)nc12. The van der Waals surface area contributed by atoms with Crippen LogP contribution in [0.5, 0.6) is 0 Å². The van der Waals surface area contributed by atoms with E-state index in [2.05, 4.69) is 15.4 Å². The molecule has 3 aromatic rings. The fourth-order valence-corrected chi connectivity index (χ4v) is 4.51. The number of nitrogens with zero attached hydrogens (tertiary/aromatic N) is 5. The number of likely N-dealkylation sites (N-methyl/N-ethyl adjacent to an activating group) is 1. The van der Waals surface area contributed by atoms with Crippen molar-refractivity contribution in [2.75, 3.05) is 38.1 Å². The minimum absolute atomic E-state index is 0.253. The Morgan fingerprint density at radius 3 is 2.81 bits per heavy atom. The fraction of sp³-hybridized carbons (Fsp3) is 0.481. The van der Waals surface area contributed by atoms with Crippen LogP contribution in [0, 0.1) is 11.6 Å². The van der Waals surface area contributed by atoms with Gasteiger partial charge in [0.05, 0.1) is 18.8 Å². The summed E-state index contributed by atoms with van der Waals surface area (Å²) in [6, 6.07) is 4.96. The molecule has 0 bridgehead atoms. The fourth-order valence-electron chi connectivity index (χ4n) is 4.51. The Labute approximate surface area is 216 Å². The van der Waals surface area contributed by atoms with E-state index in [-0.39, 0.29) is 11.9 Å². The van der Waals surface area contributed by atoms with Gasteiger partial charge in [0.15, 0.2) is 5.65 Å². The molecule has 3 heterocycles. The number of benzene rings is 1. The highest BCUT2D eigenvalue weighted by molar-refractivity contribution is 5.99. The number of halogens is 2. The van der Waals surface area contributed by atoms with E-state index in [9.17, 15) is 18.4 Å². The summed E-state index contributed by atoms with van der Waals surface area (Å²) in [7, 11) is 1.90. The molecule has 8 nitrogen and oxygen atoms in total. The first kappa shape index (κ1) is 28.2. The molecule has 1 aromatic carbocycles. The summed E-state index contributed by atoms with van der Waals surface area (Å²) >= 11 is 0. The molecule has 1 N–H and O–H groups in total. The zero-order valence-corrected chi connectivity index (χ0v) is 21.8. The topological polar surface area (TPSA) is 82.8 Å². The lowest BCUT2D eigenvalue weighted by Crippen LogP contribution is -2.26. The number of fused-ring (bicyclic) bond motifs is 1. The Morgan fingerprint density at radius 1 is 1.22 bits per heavy atom. The van der Waals surface area contributed by atoms with E-state index in [0.717, 1.165) is 50.6 Å². The summed E-state index contributed by atoms with van der Waals surface area (Å²) in [4.78, 5) is 31.9. The summed E-state index contributed by atoms with van der Waals surface area (Å²) in [5.41, 5.74) is 1.10. The van der Waals surface area contributed by atoms with Crippen LogP contribution in [-0.4, -0.2) is 64.9 Å². The average molecular weight is 515 g/mol. The molecule has 4 rings (SSSR count). The van der Waals surface area contributed by atoms with Gasteiger partial charge in [-0.3, -0.25) is 9.69 Å². The van der Waals surface area contributed by atoms with Gasteiger partial charge in [0, 0.05) is 24.8 Å². The zero-order valence-electron chi connectivity index (χ0n) is 21.8. The van der Waals surface area contributed by atoms with Crippen LogP contribution in [0.1, 0.15) is 67.9 Å². The summed E-state index contributed by atoms with van der Waals surface area (Å²) in [5, 5.41) is 7.16. The lowest BCUT2D eigenvalue weighted by molar-refractivity contribution is -0.108. The quantitative estimate of drug-likeness (QED) is 0.302. The number of nitrogens with one attached hydrogen (secondary N) is 1. The third-order valence-electron chi connectivity index (χ3n) is 6.35. The smallest absolute Gasteiger partial charge is 0.256 e. The van der Waals surface area contributed by atoms with Crippen LogP contribution in [0.4, 0.5) is 14.6 Å². The van der Waals surface area contributed by atoms with E-state index in [0.29, 0.717) is 48.6 Å². The van der Waals surface area contributed by atoms with Gasteiger partial charge < -0.3 is 15.0 Å². The number of amides is 1. The van der Waals surface area contributed by atoms with Crippen molar-refractivity contribution in [3.05, 3.63) is 59.4 Å². The first-order valence-electron chi connectivity index (χ1n) is 12.9. The highest BCUT2D eigenvalue weighted by Crippen LogP contribution is 2.36. The van der Waals surface area contributed by atoms with Gasteiger partial charge in [-0.05, 0) is 63.5 Å². The molecule has 10 heteroatoms. The number of aldehydes is 1. The molecule has 200 valence electrons. The van der Waals surface area contributed by atoms with Crippen LogP contribution in [0.15, 0.2) is 36.7 Å². The molecule has 1 unspecified atom stereocenters. The molecule has 1 atom stereocenters. The Kier molecular flexibility index (Phi) is 10.5. The number of carbonyl (C=O) groups excluding carboxylic acids is 2. The van der Waals surface area contributed by atoms with Crippen molar-refractivity contribution in [1.29, 1.82) is 0 Å². The summed E-state index contributed by atoms with van der Waals surface area (Å²) < 4.78 is 29.8. The van der Waals surface area contributed by atoms with Crippen molar-refractivity contribution in [2.24, 2.45) is 0 Å². The van der Waals surface area contributed by atoms with E-state index in [1.165, 1.54) is 16.8 Å². The monoisotopic (exact) mass is 514 g/mol. The highest BCUT2D eigenvalue weighted by Gasteiger charge is 2.30. The predicted octanol–water partition coefficient (Wildman–Crippen LogP) is 4.41. The molecular formula is C27H36F2N6O2. The molecule has 0 radical (unpaired) electrons. The van der Waals surface area contributed by atoms with Crippen LogP contribution in [-0.2, 0) is 4.79 Å². The maximum absolute atomic E-state index is 14.5. The Balaban J connectivity index is 0.00000186. The largest absolute Gasteiger partial charge is 0.352 e. The van der Waals surface area contributed by atoms with E-state index in [4.69, 9.17) is 0 Å². The Morgan fingerprint density at radius 2 is 2.03 bits per heavy atom. The van der Waals surface area contributed by atoms with Crippen LogP contribution < -0.4 is 10.2 Å². The molecule has 1 fully saturated rings. The lowest BCUT2D eigenvalue weighted by atomic mass is 10.0. The van der Waals surface area contributed by atoms with E-state index >= 15 is 0 Å². The number of aromatic nitrogens is 3. The summed E-state index contributed by atoms with van der Waals surface area (Å²) in [6.45, 7) is 6.45. The molecule has 0 spiro atoms. The van der Waals surface area contributed by atoms with Gasteiger partial charge in [-0.25, -0.2) is 18.3 Å². The number of carbonyl (C=O) groups is 2. The van der Waals surface area contributed by atoms with Crippen molar-refractivity contribution in [2.45, 2.75) is 52.0 Å². The van der Waals surface area contributed by atoms with Crippen molar-refractivity contribution < 1.29 is 18.4 Å². The van der Waals surface area contributed by atoms with E-state index < -0.39 is 11.6 Å². The van der Waals surface area contributed by atoms with Gasteiger partial charge in [0.2, 0.25) is 0 Å². The number of rotatable bonds is 11. The normalized spacial score (nSPS) is 15.1. The second-order valence-corrected chi connectivity index (χ2v) is 8.87. The second kappa shape index (κ2) is 13.8. The third-order valence-corrected chi connectivity index (χ3v) is 6.35. The molecule has 0 saturated carbocycles. The maximum Gasteiger partial charge on any atom is 0.256 e. The van der Waals surface area contributed by atoms with Crippen molar-refractivity contribution in [3.63, 3.8) is 0 Å². The molecule has 1 aliphatic rings. The second-order valence-electron chi connectivity index (χ2n) is 8.87. The number of anilines is 1. The van der Waals surface area contributed by atoms with Crippen LogP contribution in [0.3, 0.4) is 0 Å². The van der Waals surface area contributed by atoms with Gasteiger partial charge in [-0.2, -0.15) is 5.10 Å². The number of hydrogen-bond acceptors (Lipinski definition) is 6. The summed E-state index contributed by atoms with van der Waals surface area (Å²) in [6.07, 6.45) is 8.33. The van der Waals surface area contributed by atoms with Crippen LogP contribution in [0.2, 0.25) is 0 Å². The van der Waals surface area contributed by atoms with Crippen molar-refractivity contribution in [3.8, 4) is 0 Å². The number of unbranched alkanes of at least 4 members (excludes halogenated alkanes) is 2. The van der Waals surface area contributed by atoms with Crippen molar-refractivity contribution >= 4 is 23.7 Å². The molecular weight excluding hydrogens is 478 g/mol. The first-order valence-corrected chi connectivity index (χ1v) is 12.9. The van der Waals surface area contributed by atoms with Crippen LogP contribution in [0.25, 0.3) is 5.65 Å². The first-order chi connectivity index (χ1) is 18.0. The minimum atomic E-state index is -0.473. The van der Waals surface area contributed by atoms with E-state index in [1.54, 1.807) is 12.3 Å². The average Bonchev–Trinajstić information content (AvgIpc) is 3.56. The predicted molar refractivity (Wildman–Crippen MR) is 140 cm³/mol. The highest BCUT2D eigenvalue weighted by atomic mass is 19.1. The van der Waals surface area contributed by atoms with Gasteiger partial charge in [0.1, 0.15) is 29.3 Å². The van der Waals surface area contributed by atoms with Crippen molar-refractivity contribution in [1.82, 2.24) is 24.8 Å². The Bertz CT molecular complexity index is 1180. The van der Waals surface area contributed by atoms with Gasteiger partial charge in [0.25, 0.3) is 5.91 Å². The molecule has 2 aromatic heterocycles. The maximum atomic E-state index is 14.5. The Hall–Kier alpha value is -3.40. The molecule has 1 aliphatic heterocycles.